The molecule has 1 N–H and O–H groups in total. The Kier molecular flexibility index (Phi) is 2.61. The minimum atomic E-state index is 0.652. The van der Waals surface area contributed by atoms with Crippen LogP contribution in [0.5, 0.6) is 0 Å². The summed E-state index contributed by atoms with van der Waals surface area (Å²) in [7, 11) is 2.05. The maximum absolute atomic E-state index is 3.34. The molecule has 0 spiro atoms. The number of fused-ring (bicyclic) bond motifs is 1. The highest BCUT2D eigenvalue weighted by molar-refractivity contribution is 7.99. The molecule has 0 bridgehead atoms. The van der Waals surface area contributed by atoms with Crippen molar-refractivity contribution in [3.8, 4) is 0 Å². The molecule has 0 radical (unpaired) electrons. The summed E-state index contributed by atoms with van der Waals surface area (Å²) in [5.74, 6) is 1.20. The Bertz CT molecular complexity index is 309. The topological polar surface area (TPSA) is 12.0 Å². The Hall–Kier alpha value is -0.470. The molecular weight excluding hydrogens is 178 g/mol. The number of thioether (sulfide) groups is 1. The smallest absolute Gasteiger partial charge is 0.0199 e. The first kappa shape index (κ1) is 9.10. The predicted octanol–water partition coefficient (Wildman–Crippen LogP) is 2.23. The van der Waals surface area contributed by atoms with Crippen molar-refractivity contribution >= 4 is 11.8 Å². The quantitative estimate of drug-likeness (QED) is 0.734. The zero-order valence-electron chi connectivity index (χ0n) is 8.13. The number of benzene rings is 1. The third kappa shape index (κ3) is 1.89. The van der Waals surface area contributed by atoms with E-state index < -0.39 is 0 Å². The molecule has 1 heterocycles. The van der Waals surface area contributed by atoms with Gasteiger partial charge in [-0.15, -0.1) is 11.8 Å². The Morgan fingerprint density at radius 3 is 3.08 bits per heavy atom. The molecule has 0 aliphatic carbocycles. The Morgan fingerprint density at radius 2 is 2.31 bits per heavy atom. The third-order valence-electron chi connectivity index (χ3n) is 2.53. The van der Waals surface area contributed by atoms with Gasteiger partial charge in [-0.3, -0.25) is 0 Å². The molecule has 2 rings (SSSR count). The van der Waals surface area contributed by atoms with Crippen molar-refractivity contribution in [1.82, 2.24) is 5.32 Å². The summed E-state index contributed by atoms with van der Waals surface area (Å²) in [5, 5.41) is 3.34. The van der Waals surface area contributed by atoms with E-state index in [0.717, 1.165) is 0 Å². The first-order valence-corrected chi connectivity index (χ1v) is 5.68. The van der Waals surface area contributed by atoms with Crippen molar-refractivity contribution in [2.45, 2.75) is 24.3 Å². The van der Waals surface area contributed by atoms with E-state index in [9.17, 15) is 0 Å². The van der Waals surface area contributed by atoms with Gasteiger partial charge in [0, 0.05) is 16.7 Å². The van der Waals surface area contributed by atoms with Crippen LogP contribution in [-0.2, 0) is 6.42 Å². The minimum Gasteiger partial charge on any atom is -0.316 e. The standard InChI is InChI=1S/C11H15NS/c1-8-3-4-11-9(5-8)6-10(12-2)7-13-11/h3-5,10,12H,6-7H2,1-2H3. The molecule has 2 heteroatoms. The fourth-order valence-electron chi connectivity index (χ4n) is 1.71. The maximum Gasteiger partial charge on any atom is 0.0199 e. The van der Waals surface area contributed by atoms with Crippen LogP contribution in [0.1, 0.15) is 11.1 Å². The molecule has 1 unspecified atom stereocenters. The lowest BCUT2D eigenvalue weighted by Crippen LogP contribution is -2.32. The van der Waals surface area contributed by atoms with E-state index in [-0.39, 0.29) is 0 Å². The molecule has 1 nitrogen and oxygen atoms in total. The van der Waals surface area contributed by atoms with Crippen molar-refractivity contribution in [3.05, 3.63) is 29.3 Å². The zero-order valence-corrected chi connectivity index (χ0v) is 8.95. The minimum absolute atomic E-state index is 0.652. The Morgan fingerprint density at radius 1 is 1.46 bits per heavy atom. The SMILES string of the molecule is CNC1CSc2ccc(C)cc2C1. The van der Waals surface area contributed by atoms with Crippen LogP contribution >= 0.6 is 11.8 Å². The maximum atomic E-state index is 3.34. The van der Waals surface area contributed by atoms with Crippen molar-refractivity contribution in [2.75, 3.05) is 12.8 Å². The first-order valence-electron chi connectivity index (χ1n) is 4.69. The first-order chi connectivity index (χ1) is 6.29. The molecule has 1 aliphatic rings. The van der Waals surface area contributed by atoms with Crippen molar-refractivity contribution in [2.24, 2.45) is 0 Å². The zero-order chi connectivity index (χ0) is 9.26. The average molecular weight is 193 g/mol. The van der Waals surface area contributed by atoms with E-state index >= 15 is 0 Å². The highest BCUT2D eigenvalue weighted by Crippen LogP contribution is 2.30. The van der Waals surface area contributed by atoms with E-state index in [4.69, 9.17) is 0 Å². The van der Waals surface area contributed by atoms with E-state index in [0.29, 0.717) is 6.04 Å². The molecule has 1 aromatic rings. The second-order valence-electron chi connectivity index (χ2n) is 3.61. The van der Waals surface area contributed by atoms with Gasteiger partial charge in [0.25, 0.3) is 0 Å². The van der Waals surface area contributed by atoms with E-state index in [2.05, 4.69) is 30.4 Å². The van der Waals surface area contributed by atoms with Gasteiger partial charge in [-0.1, -0.05) is 17.7 Å². The molecule has 1 atom stereocenters. The summed E-state index contributed by atoms with van der Waals surface area (Å²) in [4.78, 5) is 1.47. The largest absolute Gasteiger partial charge is 0.316 e. The second kappa shape index (κ2) is 3.72. The summed E-state index contributed by atoms with van der Waals surface area (Å²) in [6.45, 7) is 2.16. The number of hydrogen-bond acceptors (Lipinski definition) is 2. The van der Waals surface area contributed by atoms with Crippen LogP contribution < -0.4 is 5.32 Å². The van der Waals surface area contributed by atoms with Crippen LogP contribution in [0.4, 0.5) is 0 Å². The Labute approximate surface area is 83.9 Å². The van der Waals surface area contributed by atoms with Gasteiger partial charge in [-0.2, -0.15) is 0 Å². The monoisotopic (exact) mass is 193 g/mol. The lowest BCUT2D eigenvalue weighted by Gasteiger charge is -2.23. The van der Waals surface area contributed by atoms with Gasteiger partial charge in [-0.25, -0.2) is 0 Å². The van der Waals surface area contributed by atoms with Crippen molar-refractivity contribution in [1.29, 1.82) is 0 Å². The molecule has 1 aromatic carbocycles. The summed E-state index contributed by atoms with van der Waals surface area (Å²) < 4.78 is 0. The summed E-state index contributed by atoms with van der Waals surface area (Å²) in [6.07, 6.45) is 1.18. The fraction of sp³-hybridized carbons (Fsp3) is 0.455. The van der Waals surface area contributed by atoms with Gasteiger partial charge in [0.2, 0.25) is 0 Å². The van der Waals surface area contributed by atoms with Gasteiger partial charge in [-0.05, 0) is 32.0 Å². The molecule has 0 saturated carbocycles. The van der Waals surface area contributed by atoms with Crippen LogP contribution in [0.15, 0.2) is 23.1 Å². The van der Waals surface area contributed by atoms with Gasteiger partial charge in [0.05, 0.1) is 0 Å². The number of nitrogens with one attached hydrogen (secondary N) is 1. The number of rotatable bonds is 1. The van der Waals surface area contributed by atoms with E-state index in [1.807, 2.05) is 18.8 Å². The molecule has 0 aromatic heterocycles. The molecule has 0 saturated heterocycles. The van der Waals surface area contributed by atoms with Crippen LogP contribution in [0.3, 0.4) is 0 Å². The highest BCUT2D eigenvalue weighted by atomic mass is 32.2. The van der Waals surface area contributed by atoms with Crippen LogP contribution in [-0.4, -0.2) is 18.8 Å². The molecule has 1 aliphatic heterocycles. The van der Waals surface area contributed by atoms with Gasteiger partial charge in [0.15, 0.2) is 0 Å². The molecule has 70 valence electrons. The molecule has 0 fully saturated rings. The third-order valence-corrected chi connectivity index (χ3v) is 3.81. The lowest BCUT2D eigenvalue weighted by molar-refractivity contribution is 0.604. The average Bonchev–Trinajstić information content (AvgIpc) is 2.16. The Balaban J connectivity index is 2.27. The van der Waals surface area contributed by atoms with Crippen LogP contribution in [0.25, 0.3) is 0 Å². The van der Waals surface area contributed by atoms with E-state index in [1.54, 1.807) is 0 Å². The summed E-state index contributed by atoms with van der Waals surface area (Å²) in [5.41, 5.74) is 2.88. The van der Waals surface area contributed by atoms with Crippen molar-refractivity contribution < 1.29 is 0 Å². The highest BCUT2D eigenvalue weighted by Gasteiger charge is 2.16. The van der Waals surface area contributed by atoms with Crippen molar-refractivity contribution in [3.63, 3.8) is 0 Å². The van der Waals surface area contributed by atoms with Gasteiger partial charge in [0.1, 0.15) is 0 Å². The fourth-order valence-corrected chi connectivity index (χ4v) is 2.87. The molecular formula is C11H15NS. The van der Waals surface area contributed by atoms with Gasteiger partial charge >= 0.3 is 0 Å². The second-order valence-corrected chi connectivity index (χ2v) is 4.67. The van der Waals surface area contributed by atoms with Crippen LogP contribution in [0, 0.1) is 6.92 Å². The van der Waals surface area contributed by atoms with Crippen LogP contribution in [0.2, 0.25) is 0 Å². The van der Waals surface area contributed by atoms with Gasteiger partial charge < -0.3 is 5.32 Å². The predicted molar refractivity (Wildman–Crippen MR) is 58.5 cm³/mol. The lowest BCUT2D eigenvalue weighted by atomic mass is 10.0. The summed E-state index contributed by atoms with van der Waals surface area (Å²) in [6, 6.07) is 7.41. The number of aryl methyl sites for hydroxylation is 1. The normalized spacial score (nSPS) is 21.2. The number of hydrogen-bond donors (Lipinski definition) is 1. The van der Waals surface area contributed by atoms with E-state index in [1.165, 1.54) is 28.2 Å². The molecule has 13 heavy (non-hydrogen) atoms. The summed E-state index contributed by atoms with van der Waals surface area (Å²) >= 11 is 1.97. The molecule has 0 amide bonds. The number of likely N-dealkylation sites (N-methyl/N-ethyl adjacent to an activating group) is 1.